The molecule has 1 atom stereocenters. The molecule has 0 fully saturated rings. The van der Waals surface area contributed by atoms with Crippen LogP contribution < -0.4 is 0 Å². The molecule has 4 heteroatoms. The Labute approximate surface area is 175 Å². The third kappa shape index (κ3) is 5.49. The fraction of sp³-hybridized carbons (Fsp3) is 0.320. The van der Waals surface area contributed by atoms with Crippen LogP contribution >= 0.6 is 0 Å². The molecule has 0 aliphatic carbocycles. The Kier molecular flexibility index (Phi) is 7.65. The zero-order valence-corrected chi connectivity index (χ0v) is 18.7. The van der Waals surface area contributed by atoms with Gasteiger partial charge in [0, 0.05) is 5.56 Å². The quantitative estimate of drug-likeness (QED) is 0.498. The molecule has 0 N–H and O–H groups in total. The van der Waals surface area contributed by atoms with Crippen molar-refractivity contribution in [3.05, 3.63) is 83.1 Å². The van der Waals surface area contributed by atoms with E-state index in [4.69, 9.17) is 0 Å². The second kappa shape index (κ2) is 9.76. The van der Waals surface area contributed by atoms with Gasteiger partial charge in [-0.25, -0.2) is 8.42 Å². The van der Waals surface area contributed by atoms with Crippen molar-refractivity contribution in [1.82, 2.24) is 4.31 Å². The van der Waals surface area contributed by atoms with Crippen LogP contribution in [0.3, 0.4) is 0 Å². The molecular weight excluding hydrogens is 378 g/mol. The highest BCUT2D eigenvalue weighted by molar-refractivity contribution is 7.89. The zero-order valence-electron chi connectivity index (χ0n) is 17.9. The standard InChI is InChI=1S/C25H29NO2S/c1-7-12-24(19(2)3)26(16-11-15-23-13-9-8-10-14-23)29(27,28)25-21(5)17-20(4)18-22(25)6/h8-10,12-14,17-19,24H,1,16H2,2-6H3/t24-/m1/s1. The van der Waals surface area contributed by atoms with Gasteiger partial charge in [-0.1, -0.05) is 68.2 Å². The molecule has 0 saturated heterocycles. The average molecular weight is 408 g/mol. The van der Waals surface area contributed by atoms with E-state index in [9.17, 15) is 8.42 Å². The fourth-order valence-corrected chi connectivity index (χ4v) is 5.54. The van der Waals surface area contributed by atoms with E-state index < -0.39 is 10.0 Å². The molecule has 0 radical (unpaired) electrons. The summed E-state index contributed by atoms with van der Waals surface area (Å²) in [5, 5.41) is 0. The van der Waals surface area contributed by atoms with Crippen molar-refractivity contribution in [2.75, 3.05) is 6.54 Å². The Hall–Kier alpha value is -2.57. The van der Waals surface area contributed by atoms with Crippen LogP contribution in [0.2, 0.25) is 0 Å². The van der Waals surface area contributed by atoms with Crippen molar-refractivity contribution in [3.8, 4) is 11.8 Å². The monoisotopic (exact) mass is 407 g/mol. The predicted molar refractivity (Wildman–Crippen MR) is 120 cm³/mol. The van der Waals surface area contributed by atoms with E-state index in [0.29, 0.717) is 4.90 Å². The van der Waals surface area contributed by atoms with Crippen LogP contribution in [0.25, 0.3) is 0 Å². The van der Waals surface area contributed by atoms with Crippen molar-refractivity contribution in [2.24, 2.45) is 5.92 Å². The molecule has 0 aliphatic heterocycles. The van der Waals surface area contributed by atoms with Gasteiger partial charge in [-0.15, -0.1) is 5.73 Å². The summed E-state index contributed by atoms with van der Waals surface area (Å²) in [6.45, 7) is 13.4. The summed E-state index contributed by atoms with van der Waals surface area (Å²) in [4.78, 5) is 0.354. The maximum Gasteiger partial charge on any atom is 0.245 e. The highest BCUT2D eigenvalue weighted by atomic mass is 32.2. The summed E-state index contributed by atoms with van der Waals surface area (Å²) in [6, 6.07) is 13.0. The number of aryl methyl sites for hydroxylation is 3. The third-order valence-electron chi connectivity index (χ3n) is 4.72. The van der Waals surface area contributed by atoms with Crippen molar-refractivity contribution in [1.29, 1.82) is 0 Å². The minimum absolute atomic E-state index is 0.0450. The summed E-state index contributed by atoms with van der Waals surface area (Å²) in [6.07, 6.45) is 1.71. The van der Waals surface area contributed by atoms with Gasteiger partial charge < -0.3 is 0 Å². The molecule has 0 aromatic heterocycles. The number of hydrogen-bond donors (Lipinski definition) is 0. The zero-order chi connectivity index (χ0) is 21.6. The molecule has 0 bridgehead atoms. The molecule has 2 rings (SSSR count). The van der Waals surface area contributed by atoms with Crippen molar-refractivity contribution in [2.45, 2.75) is 45.6 Å². The van der Waals surface area contributed by atoms with E-state index in [-0.39, 0.29) is 18.5 Å². The van der Waals surface area contributed by atoms with Crippen LogP contribution in [-0.4, -0.2) is 25.3 Å². The summed E-state index contributed by atoms with van der Waals surface area (Å²) < 4.78 is 28.9. The Morgan fingerprint density at radius 2 is 1.66 bits per heavy atom. The molecule has 29 heavy (non-hydrogen) atoms. The average Bonchev–Trinajstić information content (AvgIpc) is 2.63. The van der Waals surface area contributed by atoms with Crippen molar-refractivity contribution < 1.29 is 8.42 Å². The van der Waals surface area contributed by atoms with Crippen molar-refractivity contribution in [3.63, 3.8) is 0 Å². The lowest BCUT2D eigenvalue weighted by Crippen LogP contribution is -2.42. The molecule has 0 aliphatic rings. The van der Waals surface area contributed by atoms with Crippen LogP contribution in [0.4, 0.5) is 0 Å². The molecule has 2 aromatic carbocycles. The first kappa shape index (κ1) is 22.7. The molecule has 152 valence electrons. The van der Waals surface area contributed by atoms with Crippen LogP contribution in [0, 0.1) is 38.5 Å². The van der Waals surface area contributed by atoms with Crippen molar-refractivity contribution >= 4 is 10.0 Å². The van der Waals surface area contributed by atoms with E-state index in [2.05, 4.69) is 24.2 Å². The molecule has 0 amide bonds. The number of benzene rings is 2. The lowest BCUT2D eigenvalue weighted by molar-refractivity contribution is 0.327. The van der Waals surface area contributed by atoms with Gasteiger partial charge in [-0.3, -0.25) is 0 Å². The van der Waals surface area contributed by atoms with Crippen LogP contribution in [0.1, 0.15) is 36.1 Å². The summed E-state index contributed by atoms with van der Waals surface area (Å²) >= 11 is 0. The largest absolute Gasteiger partial charge is 0.245 e. The van der Waals surface area contributed by atoms with Gasteiger partial charge in [0.15, 0.2) is 0 Å². The van der Waals surface area contributed by atoms with Gasteiger partial charge in [0.25, 0.3) is 0 Å². The van der Waals surface area contributed by atoms with Crippen LogP contribution in [0.5, 0.6) is 0 Å². The van der Waals surface area contributed by atoms with Crippen LogP contribution in [-0.2, 0) is 10.0 Å². The normalized spacial score (nSPS) is 12.2. The predicted octanol–water partition coefficient (Wildman–Crippen LogP) is 5.02. The van der Waals surface area contributed by atoms with Gasteiger partial charge >= 0.3 is 0 Å². The van der Waals surface area contributed by atoms with E-state index >= 15 is 0 Å². The number of nitrogens with zero attached hydrogens (tertiary/aromatic N) is 1. The SMILES string of the molecule is C=C=C[C@H](C(C)C)N(CC#Cc1ccccc1)S(=O)(=O)c1c(C)cc(C)cc1C. The smallest absolute Gasteiger partial charge is 0.207 e. The third-order valence-corrected chi connectivity index (χ3v) is 6.87. The summed E-state index contributed by atoms with van der Waals surface area (Å²) in [7, 11) is -3.77. The Morgan fingerprint density at radius 1 is 1.07 bits per heavy atom. The lowest BCUT2D eigenvalue weighted by Gasteiger charge is -2.30. The first-order valence-corrected chi connectivity index (χ1v) is 11.1. The fourth-order valence-electron chi connectivity index (χ4n) is 3.51. The van der Waals surface area contributed by atoms with Gasteiger partial charge in [0.1, 0.15) is 0 Å². The Morgan fingerprint density at radius 3 is 2.17 bits per heavy atom. The van der Waals surface area contributed by atoms with E-state index in [0.717, 1.165) is 22.3 Å². The number of rotatable bonds is 6. The second-order valence-corrected chi connectivity index (χ2v) is 9.38. The van der Waals surface area contributed by atoms with E-state index in [1.165, 1.54) is 4.31 Å². The summed E-state index contributed by atoms with van der Waals surface area (Å²) in [5.74, 6) is 6.16. The van der Waals surface area contributed by atoms with E-state index in [1.54, 1.807) is 6.08 Å². The maximum absolute atomic E-state index is 13.7. The molecule has 0 spiro atoms. The first-order chi connectivity index (χ1) is 13.7. The van der Waals surface area contributed by atoms with Gasteiger partial charge in [-0.2, -0.15) is 4.31 Å². The van der Waals surface area contributed by atoms with Gasteiger partial charge in [-0.05, 0) is 56.0 Å². The summed E-state index contributed by atoms with van der Waals surface area (Å²) in [5.41, 5.74) is 6.16. The molecule has 0 saturated carbocycles. The molecule has 3 nitrogen and oxygen atoms in total. The molecular formula is C25H29NO2S. The minimum Gasteiger partial charge on any atom is -0.207 e. The molecule has 0 unspecified atom stereocenters. The van der Waals surface area contributed by atoms with Crippen LogP contribution in [0.15, 0.2) is 65.7 Å². The Balaban J connectivity index is 2.57. The van der Waals surface area contributed by atoms with E-state index in [1.807, 2.05) is 77.1 Å². The topological polar surface area (TPSA) is 37.4 Å². The number of hydrogen-bond acceptors (Lipinski definition) is 2. The highest BCUT2D eigenvalue weighted by Crippen LogP contribution is 2.28. The van der Waals surface area contributed by atoms with Gasteiger partial charge in [0.2, 0.25) is 10.0 Å². The second-order valence-electron chi connectivity index (χ2n) is 7.55. The maximum atomic E-state index is 13.7. The highest BCUT2D eigenvalue weighted by Gasteiger charge is 2.33. The molecule has 2 aromatic rings. The number of sulfonamides is 1. The molecule has 0 heterocycles. The first-order valence-electron chi connectivity index (χ1n) is 9.68. The Bertz CT molecular complexity index is 1040. The minimum atomic E-state index is -3.77. The van der Waals surface area contributed by atoms with Gasteiger partial charge in [0.05, 0.1) is 17.5 Å². The lowest BCUT2D eigenvalue weighted by atomic mass is 10.0.